The number of esters is 2. The van der Waals surface area contributed by atoms with Crippen molar-refractivity contribution in [2.45, 2.75) is 89.8 Å². The van der Waals surface area contributed by atoms with Gasteiger partial charge in [0.2, 0.25) is 0 Å². The van der Waals surface area contributed by atoms with Crippen LogP contribution in [0.2, 0.25) is 0 Å². The summed E-state index contributed by atoms with van der Waals surface area (Å²) in [6.45, 7) is 12.3. The van der Waals surface area contributed by atoms with E-state index >= 15 is 0 Å². The van der Waals surface area contributed by atoms with E-state index < -0.39 is 21.7 Å². The van der Waals surface area contributed by atoms with Crippen molar-refractivity contribution < 1.29 is 19.1 Å². The number of carbonyl (C=O) groups is 2. The quantitative estimate of drug-likeness (QED) is 0.205. The molecular formula is C22H37Cl3O4. The molecule has 170 valence electrons. The van der Waals surface area contributed by atoms with Crippen LogP contribution in [0.15, 0.2) is 11.1 Å². The van der Waals surface area contributed by atoms with Crippen LogP contribution in [0.5, 0.6) is 0 Å². The average molecular weight is 472 g/mol. The van der Waals surface area contributed by atoms with Gasteiger partial charge in [-0.3, -0.25) is 9.59 Å². The van der Waals surface area contributed by atoms with Gasteiger partial charge in [-0.25, -0.2) is 0 Å². The van der Waals surface area contributed by atoms with Crippen LogP contribution < -0.4 is 0 Å². The maximum absolute atomic E-state index is 12.4. The van der Waals surface area contributed by atoms with Crippen molar-refractivity contribution in [3.63, 3.8) is 0 Å². The van der Waals surface area contributed by atoms with Gasteiger partial charge in [-0.2, -0.15) is 0 Å². The molecule has 0 aromatic carbocycles. The minimum Gasteiger partial charge on any atom is -0.465 e. The van der Waals surface area contributed by atoms with Gasteiger partial charge in [0.25, 0.3) is 0 Å². The van der Waals surface area contributed by atoms with Crippen molar-refractivity contribution >= 4 is 46.7 Å². The fraction of sp³-hybridized carbons (Fsp3) is 0.818. The molecule has 0 saturated heterocycles. The van der Waals surface area contributed by atoms with Crippen molar-refractivity contribution in [3.8, 4) is 0 Å². The second kappa shape index (κ2) is 13.8. The van der Waals surface area contributed by atoms with Crippen LogP contribution in [0.1, 0.15) is 80.1 Å². The Morgan fingerprint density at radius 1 is 0.862 bits per heavy atom. The number of rotatable bonds is 14. The number of hydrogen-bond donors (Lipinski definition) is 0. The maximum Gasteiger partial charge on any atom is 0.327 e. The minimum absolute atomic E-state index is 0.127. The first-order valence-corrected chi connectivity index (χ1v) is 11.6. The Balaban J connectivity index is 5.40. The number of allylic oxidation sites excluding steroid dienone is 2. The van der Waals surface area contributed by atoms with Crippen molar-refractivity contribution in [2.24, 2.45) is 11.8 Å². The molecule has 7 heteroatoms. The van der Waals surface area contributed by atoms with E-state index in [4.69, 9.17) is 44.3 Å². The van der Waals surface area contributed by atoms with Gasteiger partial charge in [-0.05, 0) is 57.8 Å². The lowest BCUT2D eigenvalue weighted by molar-refractivity contribution is -0.147. The molecule has 29 heavy (non-hydrogen) atoms. The monoisotopic (exact) mass is 470 g/mol. The van der Waals surface area contributed by atoms with Crippen LogP contribution in [0, 0.1) is 11.8 Å². The summed E-state index contributed by atoms with van der Waals surface area (Å²) in [4.78, 5) is 22.4. The SMILES string of the molecule is CCOC(=O)C(Cl)(CC=C(Cl)CC(Cl)(CCC(C)C)C(=O)OCC)CCC(C)C. The number of ether oxygens (including phenoxy) is 2. The molecule has 2 unspecified atom stereocenters. The van der Waals surface area contributed by atoms with E-state index in [9.17, 15) is 9.59 Å². The molecular weight excluding hydrogens is 435 g/mol. The highest BCUT2D eigenvalue weighted by molar-refractivity contribution is 6.37. The van der Waals surface area contributed by atoms with E-state index in [2.05, 4.69) is 27.7 Å². The van der Waals surface area contributed by atoms with Crippen LogP contribution in [0.4, 0.5) is 0 Å². The Labute approximate surface area is 191 Å². The van der Waals surface area contributed by atoms with E-state index in [0.29, 0.717) is 29.7 Å². The molecule has 0 aromatic rings. The van der Waals surface area contributed by atoms with Crippen molar-refractivity contribution in [1.82, 2.24) is 0 Å². The summed E-state index contributed by atoms with van der Waals surface area (Å²) in [7, 11) is 0. The van der Waals surface area contributed by atoms with E-state index in [1.807, 2.05) is 0 Å². The lowest BCUT2D eigenvalue weighted by atomic mass is 9.91. The zero-order chi connectivity index (χ0) is 22.7. The Hall–Kier alpha value is -0.450. The summed E-state index contributed by atoms with van der Waals surface area (Å²) in [6, 6.07) is 0. The zero-order valence-electron chi connectivity index (χ0n) is 18.7. The van der Waals surface area contributed by atoms with Gasteiger partial charge in [0.1, 0.15) is 9.75 Å². The molecule has 0 saturated carbocycles. The number of alkyl halides is 2. The predicted octanol–water partition coefficient (Wildman–Crippen LogP) is 6.84. The normalized spacial score (nSPS) is 16.4. The van der Waals surface area contributed by atoms with Crippen LogP contribution in [0.25, 0.3) is 0 Å². The fourth-order valence-corrected chi connectivity index (χ4v) is 3.64. The van der Waals surface area contributed by atoms with E-state index in [1.54, 1.807) is 19.9 Å². The molecule has 0 spiro atoms. The molecule has 0 bridgehead atoms. The molecule has 0 aliphatic rings. The Kier molecular flexibility index (Phi) is 13.6. The van der Waals surface area contributed by atoms with Gasteiger partial charge in [-0.15, -0.1) is 23.2 Å². The average Bonchev–Trinajstić information content (AvgIpc) is 2.63. The van der Waals surface area contributed by atoms with Gasteiger partial charge in [0, 0.05) is 11.5 Å². The highest BCUT2D eigenvalue weighted by Gasteiger charge is 2.40. The molecule has 0 fully saturated rings. The number of hydrogen-bond acceptors (Lipinski definition) is 4. The first-order valence-electron chi connectivity index (χ1n) is 10.5. The third-order valence-corrected chi connectivity index (χ3v) is 5.88. The van der Waals surface area contributed by atoms with Crippen LogP contribution in [-0.4, -0.2) is 34.9 Å². The molecule has 0 rings (SSSR count). The molecule has 2 atom stereocenters. The lowest BCUT2D eigenvalue weighted by Crippen LogP contribution is -2.36. The van der Waals surface area contributed by atoms with E-state index in [-0.39, 0.29) is 26.1 Å². The van der Waals surface area contributed by atoms with Crippen LogP contribution in [0.3, 0.4) is 0 Å². The summed E-state index contributed by atoms with van der Waals surface area (Å²) in [5.41, 5.74) is 0. The number of halogens is 3. The summed E-state index contributed by atoms with van der Waals surface area (Å²) in [5.74, 6) is -0.139. The molecule has 0 heterocycles. The second-order valence-electron chi connectivity index (χ2n) is 8.27. The molecule has 0 amide bonds. The van der Waals surface area contributed by atoms with Crippen molar-refractivity contribution in [2.75, 3.05) is 13.2 Å². The lowest BCUT2D eigenvalue weighted by Gasteiger charge is -2.27. The summed E-state index contributed by atoms with van der Waals surface area (Å²) < 4.78 is 10.3. The highest BCUT2D eigenvalue weighted by Crippen LogP contribution is 2.36. The predicted molar refractivity (Wildman–Crippen MR) is 122 cm³/mol. The van der Waals surface area contributed by atoms with Gasteiger partial charge in [-0.1, -0.05) is 45.4 Å². The van der Waals surface area contributed by atoms with Gasteiger partial charge >= 0.3 is 11.9 Å². The first kappa shape index (κ1) is 28.5. The third-order valence-electron chi connectivity index (χ3n) is 4.61. The number of carbonyl (C=O) groups excluding carboxylic acids is 2. The standard InChI is InChI=1S/C22H37Cl3O4/c1-7-28-19(26)21(24,12-9-16(3)4)14-11-18(23)15-22(25,13-10-17(5)6)20(27)29-8-2/h11,16-17H,7-10,12-15H2,1-6H3. The highest BCUT2D eigenvalue weighted by atomic mass is 35.5. The fourth-order valence-electron chi connectivity index (χ4n) is 2.72. The van der Waals surface area contributed by atoms with Crippen LogP contribution >= 0.6 is 34.8 Å². The second-order valence-corrected chi connectivity index (χ2v) is 10.2. The molecule has 0 aliphatic heterocycles. The first-order chi connectivity index (χ1) is 13.4. The summed E-state index contributed by atoms with van der Waals surface area (Å²) >= 11 is 19.7. The molecule has 4 nitrogen and oxygen atoms in total. The van der Waals surface area contributed by atoms with Crippen molar-refractivity contribution in [1.29, 1.82) is 0 Å². The van der Waals surface area contributed by atoms with Gasteiger partial charge in [0.05, 0.1) is 13.2 Å². The van der Waals surface area contributed by atoms with E-state index in [0.717, 1.165) is 12.8 Å². The van der Waals surface area contributed by atoms with Crippen molar-refractivity contribution in [3.05, 3.63) is 11.1 Å². The smallest absolute Gasteiger partial charge is 0.327 e. The summed E-state index contributed by atoms with van der Waals surface area (Å²) in [5, 5.41) is 0.385. The zero-order valence-corrected chi connectivity index (χ0v) is 20.9. The molecule has 0 aliphatic carbocycles. The Morgan fingerprint density at radius 2 is 1.28 bits per heavy atom. The third kappa shape index (κ3) is 10.9. The molecule has 0 N–H and O–H groups in total. The van der Waals surface area contributed by atoms with Crippen LogP contribution in [-0.2, 0) is 19.1 Å². The van der Waals surface area contributed by atoms with Gasteiger partial charge in [0.15, 0.2) is 0 Å². The van der Waals surface area contributed by atoms with Gasteiger partial charge < -0.3 is 9.47 Å². The summed E-state index contributed by atoms with van der Waals surface area (Å²) in [6.07, 6.45) is 4.49. The molecule has 0 aromatic heterocycles. The maximum atomic E-state index is 12.4. The Bertz CT molecular complexity index is 548. The van der Waals surface area contributed by atoms with E-state index in [1.165, 1.54) is 0 Å². The largest absolute Gasteiger partial charge is 0.465 e. The topological polar surface area (TPSA) is 52.6 Å². The Morgan fingerprint density at radius 3 is 1.69 bits per heavy atom. The molecule has 0 radical (unpaired) electrons. The minimum atomic E-state index is -1.23.